The first-order valence-electron chi connectivity index (χ1n) is 11.6. The van der Waals surface area contributed by atoms with E-state index in [4.69, 9.17) is 19.8 Å². The van der Waals surface area contributed by atoms with Crippen LogP contribution in [0.2, 0.25) is 0 Å². The molecule has 2 saturated heterocycles. The second-order valence-corrected chi connectivity index (χ2v) is 10.6. The molecular formula is C24H29F6N3O4S. The molecule has 212 valence electrons. The highest BCUT2D eigenvalue weighted by molar-refractivity contribution is 7.11. The number of aromatic nitrogens is 1. The van der Waals surface area contributed by atoms with Gasteiger partial charge in [-0.05, 0) is 75.0 Å². The van der Waals surface area contributed by atoms with Gasteiger partial charge >= 0.3 is 24.3 Å². The van der Waals surface area contributed by atoms with Crippen molar-refractivity contribution in [2.75, 3.05) is 26.2 Å². The van der Waals surface area contributed by atoms with Gasteiger partial charge in [0.15, 0.2) is 0 Å². The molecule has 2 aliphatic rings. The lowest BCUT2D eigenvalue weighted by atomic mass is 9.78. The van der Waals surface area contributed by atoms with Crippen LogP contribution in [0.4, 0.5) is 26.3 Å². The normalized spacial score (nSPS) is 17.8. The first kappa shape index (κ1) is 31.5. The molecule has 0 radical (unpaired) electrons. The van der Waals surface area contributed by atoms with Crippen LogP contribution in [0.25, 0.3) is 0 Å². The van der Waals surface area contributed by atoms with Crippen molar-refractivity contribution in [3.8, 4) is 0 Å². The van der Waals surface area contributed by atoms with E-state index in [0.29, 0.717) is 5.41 Å². The summed E-state index contributed by atoms with van der Waals surface area (Å²) in [7, 11) is 0. The number of likely N-dealkylation sites (tertiary alicyclic amines) is 2. The molecule has 2 N–H and O–H groups in total. The van der Waals surface area contributed by atoms with E-state index in [1.165, 1.54) is 60.8 Å². The molecule has 2 fully saturated rings. The number of thiophene rings is 1. The average molecular weight is 570 g/mol. The number of pyridine rings is 1. The lowest BCUT2D eigenvalue weighted by molar-refractivity contribution is -0.193. The highest BCUT2D eigenvalue weighted by atomic mass is 32.1. The van der Waals surface area contributed by atoms with Crippen LogP contribution in [-0.2, 0) is 22.7 Å². The van der Waals surface area contributed by atoms with E-state index in [9.17, 15) is 26.3 Å². The standard InChI is InChI=1S/C20H27N3S.2C2HF3O2/c1-17-4-5-19(24-17)15-22-10-6-20(7-11-22)8-12-23(16-20)14-18-3-2-9-21-13-18;2*3-2(4,5)1(6)7/h2-5,9,13H,6-8,10-12,14-16H2,1H3;2*(H,6,7). The monoisotopic (exact) mass is 569 g/mol. The molecule has 2 aromatic heterocycles. The number of alkyl halides is 6. The van der Waals surface area contributed by atoms with Crippen molar-refractivity contribution in [3.63, 3.8) is 0 Å². The molecular weight excluding hydrogens is 540 g/mol. The van der Waals surface area contributed by atoms with E-state index in [2.05, 4.69) is 39.9 Å². The fourth-order valence-electron chi connectivity index (χ4n) is 4.30. The van der Waals surface area contributed by atoms with Crippen molar-refractivity contribution in [1.82, 2.24) is 14.8 Å². The molecule has 0 saturated carbocycles. The van der Waals surface area contributed by atoms with Gasteiger partial charge in [-0.1, -0.05) is 6.07 Å². The molecule has 2 aliphatic heterocycles. The molecule has 0 atom stereocenters. The lowest BCUT2D eigenvalue weighted by Gasteiger charge is -2.39. The molecule has 38 heavy (non-hydrogen) atoms. The van der Waals surface area contributed by atoms with E-state index in [-0.39, 0.29) is 0 Å². The molecule has 14 heteroatoms. The summed E-state index contributed by atoms with van der Waals surface area (Å²) in [5.74, 6) is -5.51. The molecule has 7 nitrogen and oxygen atoms in total. The van der Waals surface area contributed by atoms with Gasteiger partial charge in [-0.25, -0.2) is 9.59 Å². The fraction of sp³-hybridized carbons (Fsp3) is 0.542. The van der Waals surface area contributed by atoms with Crippen molar-refractivity contribution in [2.24, 2.45) is 5.41 Å². The number of aryl methyl sites for hydroxylation is 1. The predicted octanol–water partition coefficient (Wildman–Crippen LogP) is 5.21. The van der Waals surface area contributed by atoms with Gasteiger partial charge in [0, 0.05) is 41.8 Å². The topological polar surface area (TPSA) is 94.0 Å². The van der Waals surface area contributed by atoms with Crippen molar-refractivity contribution >= 4 is 23.3 Å². The quantitative estimate of drug-likeness (QED) is 0.489. The Kier molecular flexibility index (Phi) is 11.1. The zero-order valence-electron chi connectivity index (χ0n) is 20.6. The van der Waals surface area contributed by atoms with Crippen molar-refractivity contribution in [2.45, 2.75) is 51.6 Å². The molecule has 2 aromatic rings. The first-order chi connectivity index (χ1) is 17.6. The summed E-state index contributed by atoms with van der Waals surface area (Å²) in [6.45, 7) is 9.46. The number of rotatable bonds is 4. The van der Waals surface area contributed by atoms with Crippen LogP contribution in [0.3, 0.4) is 0 Å². The Morgan fingerprint density at radius 3 is 1.87 bits per heavy atom. The van der Waals surface area contributed by atoms with E-state index in [0.717, 1.165) is 13.1 Å². The molecule has 4 rings (SSSR count). The summed E-state index contributed by atoms with van der Waals surface area (Å²) in [6, 6.07) is 8.80. The number of carboxylic acids is 2. The molecule has 0 aliphatic carbocycles. The largest absolute Gasteiger partial charge is 0.490 e. The van der Waals surface area contributed by atoms with E-state index in [1.54, 1.807) is 0 Å². The Bertz CT molecular complexity index is 1010. The molecule has 4 heterocycles. The number of carbonyl (C=O) groups is 2. The van der Waals surface area contributed by atoms with Gasteiger partial charge in [0.1, 0.15) is 0 Å². The molecule has 0 unspecified atom stereocenters. The van der Waals surface area contributed by atoms with Gasteiger partial charge in [0.2, 0.25) is 0 Å². The number of hydrogen-bond donors (Lipinski definition) is 2. The third-order valence-corrected chi connectivity index (χ3v) is 7.21. The van der Waals surface area contributed by atoms with Crippen molar-refractivity contribution < 1.29 is 46.1 Å². The summed E-state index contributed by atoms with van der Waals surface area (Å²) in [5, 5.41) is 14.2. The number of piperidine rings is 1. The number of carboxylic acid groups (broad SMARTS) is 2. The summed E-state index contributed by atoms with van der Waals surface area (Å²) < 4.78 is 63.5. The second kappa shape index (κ2) is 13.4. The summed E-state index contributed by atoms with van der Waals surface area (Å²) in [6.07, 6.45) is -2.20. The Morgan fingerprint density at radius 1 is 0.921 bits per heavy atom. The minimum atomic E-state index is -5.08. The second-order valence-electron chi connectivity index (χ2n) is 9.22. The number of hydrogen-bond acceptors (Lipinski definition) is 6. The SMILES string of the molecule is Cc1ccc(CN2CCC3(CC2)CCN(Cc2cccnc2)C3)s1.O=C(O)C(F)(F)F.O=C(O)C(F)(F)F. The van der Waals surface area contributed by atoms with Crippen LogP contribution in [0, 0.1) is 12.3 Å². The van der Waals surface area contributed by atoms with Gasteiger partial charge < -0.3 is 10.2 Å². The van der Waals surface area contributed by atoms with E-state index >= 15 is 0 Å². The van der Waals surface area contributed by atoms with Crippen molar-refractivity contribution in [1.29, 1.82) is 0 Å². The maximum Gasteiger partial charge on any atom is 0.490 e. The average Bonchev–Trinajstić information content (AvgIpc) is 3.41. The minimum absolute atomic E-state index is 0.573. The minimum Gasteiger partial charge on any atom is -0.475 e. The van der Waals surface area contributed by atoms with Crippen LogP contribution < -0.4 is 0 Å². The van der Waals surface area contributed by atoms with Crippen LogP contribution in [0.1, 0.15) is 34.6 Å². The third kappa shape index (κ3) is 10.6. The zero-order chi connectivity index (χ0) is 28.6. The number of nitrogens with zero attached hydrogens (tertiary/aromatic N) is 3. The number of halogens is 6. The first-order valence-corrected chi connectivity index (χ1v) is 12.4. The van der Waals surface area contributed by atoms with Gasteiger partial charge in [-0.15, -0.1) is 11.3 Å². The Balaban J connectivity index is 0.000000301. The van der Waals surface area contributed by atoms with E-state index in [1.807, 2.05) is 29.8 Å². The summed E-state index contributed by atoms with van der Waals surface area (Å²) >= 11 is 1.95. The van der Waals surface area contributed by atoms with Crippen LogP contribution in [0.5, 0.6) is 0 Å². The van der Waals surface area contributed by atoms with Crippen LogP contribution >= 0.6 is 11.3 Å². The smallest absolute Gasteiger partial charge is 0.475 e. The molecule has 0 aromatic carbocycles. The van der Waals surface area contributed by atoms with Gasteiger partial charge in [-0.2, -0.15) is 26.3 Å². The maximum atomic E-state index is 10.6. The van der Waals surface area contributed by atoms with E-state index < -0.39 is 24.3 Å². The fourth-order valence-corrected chi connectivity index (χ4v) is 5.23. The number of aliphatic carboxylic acids is 2. The van der Waals surface area contributed by atoms with Gasteiger partial charge in [-0.3, -0.25) is 14.8 Å². The third-order valence-electron chi connectivity index (χ3n) is 6.22. The Morgan fingerprint density at radius 2 is 1.45 bits per heavy atom. The highest BCUT2D eigenvalue weighted by Gasteiger charge is 2.40. The summed E-state index contributed by atoms with van der Waals surface area (Å²) in [5.41, 5.74) is 1.92. The zero-order valence-corrected chi connectivity index (χ0v) is 21.4. The molecule has 0 bridgehead atoms. The Labute approximate surface area is 219 Å². The Hall–Kier alpha value is -2.71. The lowest BCUT2D eigenvalue weighted by Crippen LogP contribution is -2.41. The molecule has 0 amide bonds. The van der Waals surface area contributed by atoms with Crippen molar-refractivity contribution in [3.05, 3.63) is 52.0 Å². The van der Waals surface area contributed by atoms with Crippen LogP contribution in [0.15, 0.2) is 36.7 Å². The predicted molar refractivity (Wildman–Crippen MR) is 128 cm³/mol. The van der Waals surface area contributed by atoms with Crippen LogP contribution in [-0.4, -0.2) is 75.5 Å². The highest BCUT2D eigenvalue weighted by Crippen LogP contribution is 2.41. The summed E-state index contributed by atoms with van der Waals surface area (Å²) in [4.78, 5) is 30.3. The van der Waals surface area contributed by atoms with Gasteiger partial charge in [0.05, 0.1) is 0 Å². The maximum absolute atomic E-state index is 10.6. The molecule has 1 spiro atoms. The van der Waals surface area contributed by atoms with Gasteiger partial charge in [0.25, 0.3) is 0 Å².